The van der Waals surface area contributed by atoms with E-state index in [0.29, 0.717) is 31.9 Å². The minimum atomic E-state index is -4.46. The first-order valence-corrected chi connectivity index (χ1v) is 8.55. The van der Waals surface area contributed by atoms with Crippen molar-refractivity contribution in [1.29, 1.82) is 0 Å². The lowest BCUT2D eigenvalue weighted by Crippen LogP contribution is -2.45. The Morgan fingerprint density at radius 3 is 2.43 bits per heavy atom. The summed E-state index contributed by atoms with van der Waals surface area (Å²) in [6, 6.07) is 4.25. The number of rotatable bonds is 4. The van der Waals surface area contributed by atoms with Gasteiger partial charge in [-0.2, -0.15) is 13.2 Å². The molecule has 1 saturated heterocycles. The number of alkyl halides is 3. The quantitative estimate of drug-likeness (QED) is 0.856. The van der Waals surface area contributed by atoms with Crippen molar-refractivity contribution in [3.63, 3.8) is 0 Å². The molecule has 0 unspecified atom stereocenters. The third-order valence-corrected chi connectivity index (χ3v) is 4.34. The van der Waals surface area contributed by atoms with Crippen molar-refractivity contribution in [3.05, 3.63) is 41.2 Å². The molecule has 1 aromatic heterocycles. The van der Waals surface area contributed by atoms with Crippen molar-refractivity contribution in [2.45, 2.75) is 13.1 Å². The summed E-state index contributed by atoms with van der Waals surface area (Å²) < 4.78 is 48.4. The van der Waals surface area contributed by atoms with Gasteiger partial charge in [0.05, 0.1) is 25.3 Å². The molecule has 28 heavy (non-hydrogen) atoms. The first-order chi connectivity index (χ1) is 13.3. The molecule has 1 aliphatic heterocycles. The van der Waals surface area contributed by atoms with E-state index < -0.39 is 17.6 Å². The molecule has 1 aromatic carbocycles. The number of hydrogen-bond acceptors (Lipinski definition) is 5. The zero-order valence-corrected chi connectivity index (χ0v) is 15.0. The standard InChI is InChI=1S/C18H18F3N3O4/c1-11-15(17(26)22-10-14(25)24-6-8-27-9-7-24)16(23-28-11)12-2-4-13(5-3-12)18(19,20)21/h2-5H,6-10H2,1H3,(H,22,26). The van der Waals surface area contributed by atoms with Gasteiger partial charge >= 0.3 is 6.18 Å². The van der Waals surface area contributed by atoms with Crippen molar-refractivity contribution in [1.82, 2.24) is 15.4 Å². The lowest BCUT2D eigenvalue weighted by Gasteiger charge is -2.26. The number of carbonyl (C=O) groups is 2. The highest BCUT2D eigenvalue weighted by Gasteiger charge is 2.30. The van der Waals surface area contributed by atoms with Crippen molar-refractivity contribution < 1.29 is 32.0 Å². The number of aromatic nitrogens is 1. The number of aryl methyl sites for hydroxylation is 1. The van der Waals surface area contributed by atoms with Gasteiger partial charge in [-0.05, 0) is 19.1 Å². The molecule has 1 fully saturated rings. The molecule has 7 nitrogen and oxygen atoms in total. The minimum absolute atomic E-state index is 0.0783. The second kappa shape index (κ2) is 8.01. The number of carbonyl (C=O) groups excluding carboxylic acids is 2. The molecule has 2 heterocycles. The van der Waals surface area contributed by atoms with Crippen molar-refractivity contribution in [2.75, 3.05) is 32.8 Å². The van der Waals surface area contributed by atoms with E-state index in [0.717, 1.165) is 12.1 Å². The predicted octanol–water partition coefficient (Wildman–Crippen LogP) is 2.26. The summed E-state index contributed by atoms with van der Waals surface area (Å²) >= 11 is 0. The van der Waals surface area contributed by atoms with Crippen LogP contribution < -0.4 is 5.32 Å². The minimum Gasteiger partial charge on any atom is -0.378 e. The van der Waals surface area contributed by atoms with Gasteiger partial charge in [0.2, 0.25) is 5.91 Å². The highest BCUT2D eigenvalue weighted by Crippen LogP contribution is 2.32. The molecular weight excluding hydrogens is 379 g/mol. The third-order valence-electron chi connectivity index (χ3n) is 4.34. The number of ether oxygens (including phenoxy) is 1. The molecule has 1 aliphatic rings. The summed E-state index contributed by atoms with van der Waals surface area (Å²) in [6.45, 7) is 3.11. The first-order valence-electron chi connectivity index (χ1n) is 8.55. The van der Waals surface area contributed by atoms with E-state index >= 15 is 0 Å². The van der Waals surface area contributed by atoms with Crippen LogP contribution in [0.15, 0.2) is 28.8 Å². The lowest BCUT2D eigenvalue weighted by molar-refractivity contribution is -0.137. The Kier molecular flexibility index (Phi) is 5.68. The summed E-state index contributed by atoms with van der Waals surface area (Å²) in [7, 11) is 0. The number of amides is 2. The maximum atomic E-state index is 12.7. The van der Waals surface area contributed by atoms with Gasteiger partial charge in [0.1, 0.15) is 17.0 Å². The Hall–Kier alpha value is -2.88. The van der Waals surface area contributed by atoms with Gasteiger partial charge in [-0.25, -0.2) is 0 Å². The zero-order valence-electron chi connectivity index (χ0n) is 15.0. The van der Waals surface area contributed by atoms with Crippen LogP contribution >= 0.6 is 0 Å². The van der Waals surface area contributed by atoms with Crippen LogP contribution in [-0.4, -0.2) is 54.7 Å². The third kappa shape index (κ3) is 4.33. The maximum Gasteiger partial charge on any atom is 0.416 e. The molecule has 0 spiro atoms. The van der Waals surface area contributed by atoms with E-state index in [4.69, 9.17) is 9.26 Å². The molecule has 1 N–H and O–H groups in total. The van der Waals surface area contributed by atoms with Crippen LogP contribution in [-0.2, 0) is 15.7 Å². The van der Waals surface area contributed by atoms with Crippen molar-refractivity contribution >= 4 is 11.8 Å². The van der Waals surface area contributed by atoms with Gasteiger partial charge in [0.25, 0.3) is 5.91 Å². The van der Waals surface area contributed by atoms with Gasteiger partial charge in [-0.1, -0.05) is 17.3 Å². The van der Waals surface area contributed by atoms with Gasteiger partial charge in [0, 0.05) is 18.7 Å². The van der Waals surface area contributed by atoms with E-state index in [-0.39, 0.29) is 29.5 Å². The Balaban J connectivity index is 1.73. The van der Waals surface area contributed by atoms with E-state index in [1.54, 1.807) is 4.90 Å². The maximum absolute atomic E-state index is 12.7. The fourth-order valence-corrected chi connectivity index (χ4v) is 2.82. The number of hydrogen-bond donors (Lipinski definition) is 1. The fourth-order valence-electron chi connectivity index (χ4n) is 2.82. The van der Waals surface area contributed by atoms with Crippen LogP contribution in [0, 0.1) is 6.92 Å². The van der Waals surface area contributed by atoms with Gasteiger partial charge in [0.15, 0.2) is 0 Å². The molecule has 0 saturated carbocycles. The topological polar surface area (TPSA) is 84.7 Å². The highest BCUT2D eigenvalue weighted by atomic mass is 19.4. The summed E-state index contributed by atoms with van der Waals surface area (Å²) in [5.74, 6) is -0.636. The van der Waals surface area contributed by atoms with Gasteiger partial charge in [-0.15, -0.1) is 0 Å². The van der Waals surface area contributed by atoms with Crippen LogP contribution in [0.4, 0.5) is 13.2 Å². The summed E-state index contributed by atoms with van der Waals surface area (Å²) in [5.41, 5.74) is -0.315. The van der Waals surface area contributed by atoms with Crippen molar-refractivity contribution in [2.24, 2.45) is 0 Å². The summed E-state index contributed by atoms with van der Waals surface area (Å²) in [5, 5.41) is 6.30. The van der Waals surface area contributed by atoms with Crippen LogP contribution in [0.5, 0.6) is 0 Å². The van der Waals surface area contributed by atoms with E-state index in [1.807, 2.05) is 0 Å². The Morgan fingerprint density at radius 1 is 1.18 bits per heavy atom. The molecule has 3 rings (SSSR count). The molecule has 0 radical (unpaired) electrons. The SMILES string of the molecule is Cc1onc(-c2ccc(C(F)(F)F)cc2)c1C(=O)NCC(=O)N1CCOCC1. The second-order valence-electron chi connectivity index (χ2n) is 6.21. The average molecular weight is 397 g/mol. The van der Waals surface area contributed by atoms with Crippen LogP contribution in [0.3, 0.4) is 0 Å². The second-order valence-corrected chi connectivity index (χ2v) is 6.21. The van der Waals surface area contributed by atoms with Crippen LogP contribution in [0.1, 0.15) is 21.7 Å². The Labute approximate surface area is 158 Å². The molecule has 2 amide bonds. The van der Waals surface area contributed by atoms with E-state index in [9.17, 15) is 22.8 Å². The van der Waals surface area contributed by atoms with Gasteiger partial charge < -0.3 is 19.5 Å². The molecule has 0 bridgehead atoms. The normalized spacial score (nSPS) is 14.8. The van der Waals surface area contributed by atoms with Gasteiger partial charge in [-0.3, -0.25) is 9.59 Å². The average Bonchev–Trinajstić information content (AvgIpc) is 3.07. The van der Waals surface area contributed by atoms with E-state index in [2.05, 4.69) is 10.5 Å². The fraction of sp³-hybridized carbons (Fsp3) is 0.389. The molecule has 10 heteroatoms. The first kappa shape index (κ1) is 19.9. The molecule has 0 aliphatic carbocycles. The predicted molar refractivity (Wildman–Crippen MR) is 91.4 cm³/mol. The monoisotopic (exact) mass is 397 g/mol. The summed E-state index contributed by atoms with van der Waals surface area (Å²) in [6.07, 6.45) is -4.46. The molecule has 2 aromatic rings. The van der Waals surface area contributed by atoms with Crippen LogP contribution in [0.2, 0.25) is 0 Å². The summed E-state index contributed by atoms with van der Waals surface area (Å²) in [4.78, 5) is 26.3. The number of halogens is 3. The molecule has 150 valence electrons. The number of nitrogens with zero attached hydrogens (tertiary/aromatic N) is 2. The Bertz CT molecular complexity index is 856. The van der Waals surface area contributed by atoms with Crippen molar-refractivity contribution in [3.8, 4) is 11.3 Å². The number of morpholine rings is 1. The highest BCUT2D eigenvalue weighted by molar-refractivity contribution is 6.02. The lowest BCUT2D eigenvalue weighted by atomic mass is 10.0. The number of nitrogens with one attached hydrogen (secondary N) is 1. The van der Waals surface area contributed by atoms with E-state index in [1.165, 1.54) is 19.1 Å². The largest absolute Gasteiger partial charge is 0.416 e. The zero-order chi connectivity index (χ0) is 20.3. The smallest absolute Gasteiger partial charge is 0.378 e. The molecular formula is C18H18F3N3O4. The number of benzene rings is 1. The van der Waals surface area contributed by atoms with Crippen LogP contribution in [0.25, 0.3) is 11.3 Å². The Morgan fingerprint density at radius 2 is 1.82 bits per heavy atom. The molecule has 0 atom stereocenters.